The monoisotopic (exact) mass is 378 g/mol. The molecule has 8 heteroatoms. The number of hydrogen-bond acceptors (Lipinski definition) is 6. The first-order valence-electron chi connectivity index (χ1n) is 8.49. The van der Waals surface area contributed by atoms with Gasteiger partial charge in [0.1, 0.15) is 11.5 Å². The SMILES string of the molecule is Cc1ccccc1NCC(=O)NN=Cc1ccc(-c2cccc([N+](=O)[O-])c2)o1. The largest absolute Gasteiger partial charge is 0.455 e. The lowest BCUT2D eigenvalue weighted by molar-refractivity contribution is -0.384. The Morgan fingerprint density at radius 2 is 2.00 bits per heavy atom. The van der Waals surface area contributed by atoms with Crippen LogP contribution < -0.4 is 10.7 Å². The van der Waals surface area contributed by atoms with Crippen molar-refractivity contribution in [3.05, 3.63) is 82.1 Å². The minimum absolute atomic E-state index is 0.0162. The van der Waals surface area contributed by atoms with Gasteiger partial charge in [-0.25, -0.2) is 5.43 Å². The number of anilines is 1. The van der Waals surface area contributed by atoms with Crippen LogP contribution in [0.4, 0.5) is 11.4 Å². The highest BCUT2D eigenvalue weighted by Gasteiger charge is 2.09. The minimum Gasteiger partial charge on any atom is -0.455 e. The number of nitrogens with one attached hydrogen (secondary N) is 2. The second-order valence-electron chi connectivity index (χ2n) is 5.97. The van der Waals surface area contributed by atoms with Crippen LogP contribution in [0.5, 0.6) is 0 Å². The summed E-state index contributed by atoms with van der Waals surface area (Å²) in [5.74, 6) is 0.580. The normalized spacial score (nSPS) is 10.8. The Hall–Kier alpha value is -3.94. The van der Waals surface area contributed by atoms with Crippen LogP contribution in [0.25, 0.3) is 11.3 Å². The van der Waals surface area contributed by atoms with Crippen LogP contribution in [0, 0.1) is 17.0 Å². The zero-order valence-corrected chi connectivity index (χ0v) is 15.1. The fourth-order valence-corrected chi connectivity index (χ4v) is 2.50. The molecule has 0 bridgehead atoms. The van der Waals surface area contributed by atoms with E-state index < -0.39 is 4.92 Å². The van der Waals surface area contributed by atoms with Crippen LogP contribution >= 0.6 is 0 Å². The number of benzene rings is 2. The Balaban J connectivity index is 1.55. The number of rotatable bonds is 7. The molecule has 2 aromatic carbocycles. The molecule has 2 N–H and O–H groups in total. The highest BCUT2D eigenvalue weighted by atomic mass is 16.6. The molecule has 142 valence electrons. The molecule has 0 atom stereocenters. The highest BCUT2D eigenvalue weighted by Crippen LogP contribution is 2.25. The molecule has 0 aliphatic rings. The molecule has 0 spiro atoms. The Bertz CT molecular complexity index is 1030. The van der Waals surface area contributed by atoms with Gasteiger partial charge in [0, 0.05) is 23.4 Å². The molecule has 0 radical (unpaired) electrons. The van der Waals surface area contributed by atoms with Gasteiger partial charge in [-0.2, -0.15) is 5.10 Å². The van der Waals surface area contributed by atoms with Crippen molar-refractivity contribution in [1.82, 2.24) is 5.43 Å². The molecule has 0 aliphatic carbocycles. The second-order valence-corrected chi connectivity index (χ2v) is 5.97. The van der Waals surface area contributed by atoms with E-state index in [2.05, 4.69) is 15.8 Å². The van der Waals surface area contributed by atoms with E-state index in [0.717, 1.165) is 11.3 Å². The predicted molar refractivity (Wildman–Crippen MR) is 106 cm³/mol. The van der Waals surface area contributed by atoms with Gasteiger partial charge >= 0.3 is 0 Å². The molecule has 0 saturated carbocycles. The summed E-state index contributed by atoms with van der Waals surface area (Å²) < 4.78 is 5.59. The average molecular weight is 378 g/mol. The molecule has 1 aromatic heterocycles. The van der Waals surface area contributed by atoms with Crippen LogP contribution in [0.15, 0.2) is 70.2 Å². The summed E-state index contributed by atoms with van der Waals surface area (Å²) in [5.41, 5.74) is 4.91. The van der Waals surface area contributed by atoms with E-state index in [-0.39, 0.29) is 18.1 Å². The Labute approximate surface area is 161 Å². The zero-order valence-electron chi connectivity index (χ0n) is 15.1. The van der Waals surface area contributed by atoms with Crippen molar-refractivity contribution in [2.24, 2.45) is 5.10 Å². The molecule has 28 heavy (non-hydrogen) atoms. The molecule has 1 heterocycles. The summed E-state index contributed by atoms with van der Waals surface area (Å²) in [4.78, 5) is 22.3. The maximum Gasteiger partial charge on any atom is 0.270 e. The molecule has 0 aliphatic heterocycles. The van der Waals surface area contributed by atoms with E-state index in [1.54, 1.807) is 24.3 Å². The predicted octanol–water partition coefficient (Wildman–Crippen LogP) is 3.73. The van der Waals surface area contributed by atoms with E-state index >= 15 is 0 Å². The number of amides is 1. The molecule has 0 saturated heterocycles. The van der Waals surface area contributed by atoms with Crippen molar-refractivity contribution in [3.8, 4) is 11.3 Å². The van der Waals surface area contributed by atoms with Crippen LogP contribution in [0.2, 0.25) is 0 Å². The van der Waals surface area contributed by atoms with Crippen molar-refractivity contribution >= 4 is 23.5 Å². The minimum atomic E-state index is -0.463. The topological polar surface area (TPSA) is 110 Å². The molecule has 8 nitrogen and oxygen atoms in total. The molecule has 3 rings (SSSR count). The lowest BCUT2D eigenvalue weighted by atomic mass is 10.1. The number of furan rings is 1. The van der Waals surface area contributed by atoms with Crippen molar-refractivity contribution in [2.75, 3.05) is 11.9 Å². The van der Waals surface area contributed by atoms with Crippen molar-refractivity contribution in [1.29, 1.82) is 0 Å². The zero-order chi connectivity index (χ0) is 19.9. The summed E-state index contributed by atoms with van der Waals surface area (Å²) in [7, 11) is 0. The molecular weight excluding hydrogens is 360 g/mol. The van der Waals surface area contributed by atoms with Gasteiger partial charge in [-0.15, -0.1) is 0 Å². The maximum atomic E-state index is 11.9. The van der Waals surface area contributed by atoms with Gasteiger partial charge in [0.15, 0.2) is 0 Å². The first-order valence-corrected chi connectivity index (χ1v) is 8.49. The lowest BCUT2D eigenvalue weighted by Gasteiger charge is -2.07. The van der Waals surface area contributed by atoms with Crippen LogP contribution in [0.3, 0.4) is 0 Å². The van der Waals surface area contributed by atoms with Crippen molar-refractivity contribution in [2.45, 2.75) is 6.92 Å². The van der Waals surface area contributed by atoms with E-state index in [9.17, 15) is 14.9 Å². The number of carbonyl (C=O) groups excluding carboxylic acids is 1. The van der Waals surface area contributed by atoms with Crippen LogP contribution in [-0.2, 0) is 4.79 Å². The summed E-state index contributed by atoms with van der Waals surface area (Å²) in [5, 5.41) is 17.8. The smallest absolute Gasteiger partial charge is 0.270 e. The van der Waals surface area contributed by atoms with Gasteiger partial charge in [0.05, 0.1) is 17.7 Å². The average Bonchev–Trinajstić information content (AvgIpc) is 3.16. The lowest BCUT2D eigenvalue weighted by Crippen LogP contribution is -2.26. The van der Waals surface area contributed by atoms with E-state index in [1.165, 1.54) is 18.3 Å². The summed E-state index contributed by atoms with van der Waals surface area (Å²) in [6.07, 6.45) is 1.37. The van der Waals surface area contributed by atoms with Gasteiger partial charge in [-0.3, -0.25) is 14.9 Å². The van der Waals surface area contributed by atoms with Crippen LogP contribution in [-0.4, -0.2) is 23.6 Å². The number of non-ortho nitro benzene ring substituents is 1. The van der Waals surface area contributed by atoms with Gasteiger partial charge in [0.2, 0.25) is 0 Å². The van der Waals surface area contributed by atoms with Gasteiger partial charge in [-0.05, 0) is 30.7 Å². The fourth-order valence-electron chi connectivity index (χ4n) is 2.50. The Morgan fingerprint density at radius 1 is 1.18 bits per heavy atom. The number of nitro benzene ring substituents is 1. The number of carbonyl (C=O) groups is 1. The highest BCUT2D eigenvalue weighted by molar-refractivity contribution is 5.83. The molecular formula is C20H18N4O4. The van der Waals surface area contributed by atoms with E-state index in [0.29, 0.717) is 17.1 Å². The number of hydrazone groups is 1. The first kappa shape index (κ1) is 18.8. The van der Waals surface area contributed by atoms with Crippen molar-refractivity contribution < 1.29 is 14.1 Å². The van der Waals surface area contributed by atoms with Gasteiger partial charge < -0.3 is 9.73 Å². The maximum absolute atomic E-state index is 11.9. The molecule has 1 amide bonds. The fraction of sp³-hybridized carbons (Fsp3) is 0.100. The first-order chi connectivity index (χ1) is 13.5. The van der Waals surface area contributed by atoms with E-state index in [1.807, 2.05) is 31.2 Å². The number of nitrogens with zero attached hydrogens (tertiary/aromatic N) is 2. The van der Waals surface area contributed by atoms with E-state index in [4.69, 9.17) is 4.42 Å². The third kappa shape index (κ3) is 4.82. The van der Waals surface area contributed by atoms with Gasteiger partial charge in [0.25, 0.3) is 11.6 Å². The van der Waals surface area contributed by atoms with Crippen LogP contribution in [0.1, 0.15) is 11.3 Å². The van der Waals surface area contributed by atoms with Crippen molar-refractivity contribution in [3.63, 3.8) is 0 Å². The Morgan fingerprint density at radius 3 is 2.79 bits per heavy atom. The Kier molecular flexibility index (Phi) is 5.81. The summed E-state index contributed by atoms with van der Waals surface area (Å²) in [6.45, 7) is 2.04. The molecule has 0 unspecified atom stereocenters. The summed E-state index contributed by atoms with van der Waals surface area (Å²) >= 11 is 0. The molecule has 3 aromatic rings. The number of aryl methyl sites for hydroxylation is 1. The standard InChI is InChI=1S/C20H18N4O4/c1-14-5-2-3-8-18(14)21-13-20(25)23-22-12-17-9-10-19(28-17)15-6-4-7-16(11-15)24(26)27/h2-12,21H,13H2,1H3,(H,23,25). The third-order valence-electron chi connectivity index (χ3n) is 3.93. The second kappa shape index (κ2) is 8.63. The number of hydrogen-bond donors (Lipinski definition) is 2. The number of nitro groups is 1. The molecule has 0 fully saturated rings. The number of para-hydroxylation sites is 1. The van der Waals surface area contributed by atoms with Gasteiger partial charge in [-0.1, -0.05) is 30.3 Å². The quantitative estimate of drug-likeness (QED) is 0.370. The summed E-state index contributed by atoms with van der Waals surface area (Å²) in [6, 6.07) is 17.2. The third-order valence-corrected chi connectivity index (χ3v) is 3.93.